The minimum atomic E-state index is -2.79. The number of hydrogen-bond acceptors (Lipinski definition) is 4. The summed E-state index contributed by atoms with van der Waals surface area (Å²) < 4.78 is 22.6. The van der Waals surface area contributed by atoms with Crippen LogP contribution in [0.2, 0.25) is 0 Å². The number of nitrogens with one attached hydrogen (secondary N) is 1. The fourth-order valence-corrected chi connectivity index (χ4v) is 3.25. The molecule has 4 nitrogen and oxygen atoms in total. The molecule has 0 bridgehead atoms. The molecule has 108 valence electrons. The van der Waals surface area contributed by atoms with Crippen molar-refractivity contribution in [1.29, 1.82) is 0 Å². The van der Waals surface area contributed by atoms with Gasteiger partial charge in [0, 0.05) is 12.3 Å². The van der Waals surface area contributed by atoms with Gasteiger partial charge in [0.05, 0.1) is 5.75 Å². The van der Waals surface area contributed by atoms with Gasteiger partial charge in [0.25, 0.3) is 0 Å². The van der Waals surface area contributed by atoms with E-state index in [0.29, 0.717) is 11.7 Å². The van der Waals surface area contributed by atoms with Crippen LogP contribution in [0, 0.1) is 5.92 Å². The first kappa shape index (κ1) is 15.9. The average Bonchev–Trinajstić information content (AvgIpc) is 2.81. The molecule has 1 rings (SSSR count). The van der Waals surface area contributed by atoms with Crippen molar-refractivity contribution in [3.8, 4) is 0 Å². The highest BCUT2D eigenvalue weighted by Gasteiger charge is 2.14. The van der Waals surface area contributed by atoms with Gasteiger partial charge >= 0.3 is 0 Å². The summed E-state index contributed by atoms with van der Waals surface area (Å²) in [5.41, 5.74) is 0. The third kappa shape index (κ3) is 6.71. The first-order valence-corrected chi connectivity index (χ1v) is 8.99. The first-order chi connectivity index (χ1) is 8.53. The van der Waals surface area contributed by atoms with Crippen LogP contribution < -0.4 is 5.32 Å². The van der Waals surface area contributed by atoms with Crippen molar-refractivity contribution in [3.05, 3.63) is 0 Å². The zero-order chi connectivity index (χ0) is 13.4. The predicted molar refractivity (Wildman–Crippen MR) is 76.7 cm³/mol. The standard InChI is InChI=1S/C13H28N2O2S/c1-3-18(16,17)10-6-7-14-11-13(2)12-15-8-4-5-9-15/h13-14H,3-12H2,1-2H3. The van der Waals surface area contributed by atoms with Crippen LogP contribution in [0.5, 0.6) is 0 Å². The highest BCUT2D eigenvalue weighted by Crippen LogP contribution is 2.09. The lowest BCUT2D eigenvalue weighted by molar-refractivity contribution is 0.283. The Labute approximate surface area is 112 Å². The quantitative estimate of drug-likeness (QED) is 0.642. The maximum Gasteiger partial charge on any atom is 0.150 e. The minimum Gasteiger partial charge on any atom is -0.316 e. The van der Waals surface area contributed by atoms with Crippen molar-refractivity contribution in [2.45, 2.75) is 33.1 Å². The smallest absolute Gasteiger partial charge is 0.150 e. The van der Waals surface area contributed by atoms with Gasteiger partial charge < -0.3 is 10.2 Å². The summed E-state index contributed by atoms with van der Waals surface area (Å²) in [6.45, 7) is 9.43. The van der Waals surface area contributed by atoms with Gasteiger partial charge in [-0.05, 0) is 51.4 Å². The minimum absolute atomic E-state index is 0.262. The van der Waals surface area contributed by atoms with Crippen LogP contribution in [-0.4, -0.2) is 57.5 Å². The third-order valence-corrected chi connectivity index (χ3v) is 5.30. The summed E-state index contributed by atoms with van der Waals surface area (Å²) in [7, 11) is -2.79. The van der Waals surface area contributed by atoms with Crippen molar-refractivity contribution in [1.82, 2.24) is 10.2 Å². The second-order valence-corrected chi connectivity index (χ2v) is 7.88. The Morgan fingerprint density at radius 1 is 1.28 bits per heavy atom. The van der Waals surface area contributed by atoms with E-state index in [-0.39, 0.29) is 5.75 Å². The van der Waals surface area contributed by atoms with Crippen LogP contribution in [0.3, 0.4) is 0 Å². The normalized spacial score (nSPS) is 19.2. The SMILES string of the molecule is CCS(=O)(=O)CCCNCC(C)CN1CCCC1. The Morgan fingerprint density at radius 3 is 2.56 bits per heavy atom. The Kier molecular flexibility index (Phi) is 7.19. The van der Waals surface area contributed by atoms with Crippen LogP contribution in [0.1, 0.15) is 33.1 Å². The van der Waals surface area contributed by atoms with Gasteiger partial charge in [-0.25, -0.2) is 8.42 Å². The largest absolute Gasteiger partial charge is 0.316 e. The summed E-state index contributed by atoms with van der Waals surface area (Å²) >= 11 is 0. The van der Waals surface area contributed by atoms with Crippen molar-refractivity contribution in [2.24, 2.45) is 5.92 Å². The second kappa shape index (κ2) is 8.12. The van der Waals surface area contributed by atoms with Crippen molar-refractivity contribution < 1.29 is 8.42 Å². The molecule has 0 spiro atoms. The topological polar surface area (TPSA) is 49.4 Å². The predicted octanol–water partition coefficient (Wildman–Crippen LogP) is 1.13. The molecule has 1 saturated heterocycles. The van der Waals surface area contributed by atoms with Crippen LogP contribution in [0.15, 0.2) is 0 Å². The molecular weight excluding hydrogens is 248 g/mol. The maximum atomic E-state index is 11.3. The highest BCUT2D eigenvalue weighted by molar-refractivity contribution is 7.91. The number of sulfone groups is 1. The third-order valence-electron chi connectivity index (χ3n) is 3.51. The van der Waals surface area contributed by atoms with Gasteiger partial charge in [0.1, 0.15) is 9.84 Å². The fraction of sp³-hybridized carbons (Fsp3) is 1.00. The van der Waals surface area contributed by atoms with Crippen LogP contribution >= 0.6 is 0 Å². The Hall–Kier alpha value is -0.130. The van der Waals surface area contributed by atoms with Crippen LogP contribution in [0.25, 0.3) is 0 Å². The first-order valence-electron chi connectivity index (χ1n) is 7.17. The molecule has 1 unspecified atom stereocenters. The van der Waals surface area contributed by atoms with E-state index >= 15 is 0 Å². The van der Waals surface area contributed by atoms with Gasteiger partial charge in [-0.15, -0.1) is 0 Å². The van der Waals surface area contributed by atoms with Crippen LogP contribution in [0.4, 0.5) is 0 Å². The van der Waals surface area contributed by atoms with E-state index in [1.165, 1.54) is 32.5 Å². The van der Waals surface area contributed by atoms with Crippen LogP contribution in [-0.2, 0) is 9.84 Å². The maximum absolute atomic E-state index is 11.3. The second-order valence-electron chi connectivity index (χ2n) is 5.41. The number of likely N-dealkylation sites (tertiary alicyclic amines) is 1. The van der Waals surface area contributed by atoms with Crippen molar-refractivity contribution >= 4 is 9.84 Å². The molecule has 1 fully saturated rings. The molecule has 18 heavy (non-hydrogen) atoms. The number of rotatable bonds is 9. The van der Waals surface area contributed by atoms with Gasteiger partial charge in [-0.3, -0.25) is 0 Å². The lowest BCUT2D eigenvalue weighted by atomic mass is 10.1. The molecule has 0 aromatic rings. The van der Waals surface area contributed by atoms with E-state index in [0.717, 1.165) is 19.5 Å². The molecule has 5 heteroatoms. The van der Waals surface area contributed by atoms with Gasteiger partial charge in [-0.2, -0.15) is 0 Å². The summed E-state index contributed by atoms with van der Waals surface area (Å²) in [5, 5.41) is 3.36. The van der Waals surface area contributed by atoms with E-state index in [4.69, 9.17) is 0 Å². The average molecular weight is 276 g/mol. The lowest BCUT2D eigenvalue weighted by Crippen LogP contribution is -2.32. The van der Waals surface area contributed by atoms with E-state index in [9.17, 15) is 8.42 Å². The molecule has 1 atom stereocenters. The lowest BCUT2D eigenvalue weighted by Gasteiger charge is -2.20. The number of hydrogen-bond donors (Lipinski definition) is 1. The van der Waals surface area contributed by atoms with Gasteiger partial charge in [0.15, 0.2) is 0 Å². The molecule has 0 aromatic carbocycles. The Bertz CT molecular complexity index is 311. The molecule has 0 saturated carbocycles. The molecule has 0 amide bonds. The molecule has 1 N–H and O–H groups in total. The molecule has 0 radical (unpaired) electrons. The Morgan fingerprint density at radius 2 is 1.94 bits per heavy atom. The summed E-state index contributed by atoms with van der Waals surface area (Å²) in [6, 6.07) is 0. The highest BCUT2D eigenvalue weighted by atomic mass is 32.2. The van der Waals surface area contributed by atoms with E-state index in [1.54, 1.807) is 6.92 Å². The molecule has 1 aliphatic rings. The fourth-order valence-electron chi connectivity index (χ4n) is 2.38. The zero-order valence-corrected chi connectivity index (χ0v) is 12.6. The van der Waals surface area contributed by atoms with E-state index < -0.39 is 9.84 Å². The molecule has 0 aliphatic carbocycles. The van der Waals surface area contributed by atoms with E-state index in [1.807, 2.05) is 0 Å². The van der Waals surface area contributed by atoms with Crippen molar-refractivity contribution in [3.63, 3.8) is 0 Å². The number of nitrogens with zero attached hydrogens (tertiary/aromatic N) is 1. The zero-order valence-electron chi connectivity index (χ0n) is 11.8. The molecular formula is C13H28N2O2S. The molecule has 1 heterocycles. The monoisotopic (exact) mass is 276 g/mol. The van der Waals surface area contributed by atoms with Gasteiger partial charge in [0.2, 0.25) is 0 Å². The molecule has 0 aromatic heterocycles. The molecule has 1 aliphatic heterocycles. The summed E-state index contributed by atoms with van der Waals surface area (Å²) in [6.07, 6.45) is 3.41. The van der Waals surface area contributed by atoms with E-state index in [2.05, 4.69) is 17.1 Å². The summed E-state index contributed by atoms with van der Waals surface area (Å²) in [5.74, 6) is 1.22. The summed E-state index contributed by atoms with van der Waals surface area (Å²) in [4.78, 5) is 2.52. The van der Waals surface area contributed by atoms with Crippen molar-refractivity contribution in [2.75, 3.05) is 44.2 Å². The Balaban J connectivity index is 2.00. The van der Waals surface area contributed by atoms with Gasteiger partial charge in [-0.1, -0.05) is 13.8 Å².